The molecule has 116 valence electrons. The van der Waals surface area contributed by atoms with Gasteiger partial charge in [0.25, 0.3) is 0 Å². The molecular weight excluding hydrogens is 341 g/mol. The summed E-state index contributed by atoms with van der Waals surface area (Å²) in [6, 6.07) is 22.4. The van der Waals surface area contributed by atoms with Crippen LogP contribution in [0.5, 0.6) is 0 Å². The summed E-state index contributed by atoms with van der Waals surface area (Å²) in [5.41, 5.74) is 3.11. The van der Waals surface area contributed by atoms with Gasteiger partial charge in [0, 0.05) is 10.9 Å². The fourth-order valence-corrected chi connectivity index (χ4v) is 3.20. The maximum Gasteiger partial charge on any atom is 0.227 e. The first-order chi connectivity index (χ1) is 11.7. The number of hydrogen-bond acceptors (Lipinski definition) is 3. The zero-order valence-corrected chi connectivity index (χ0v) is 14.0. The molecule has 0 atom stereocenters. The van der Waals surface area contributed by atoms with Crippen LogP contribution in [-0.4, -0.2) is 15.0 Å². The molecule has 0 radical (unpaired) electrons. The molecule has 3 aromatic carbocycles. The fourth-order valence-electron chi connectivity index (χ4n) is 2.83. The summed E-state index contributed by atoms with van der Waals surface area (Å²) in [6.07, 6.45) is 0. The first-order valence-corrected chi connectivity index (χ1v) is 8.12. The smallest absolute Gasteiger partial charge is 0.198 e. The van der Waals surface area contributed by atoms with Crippen molar-refractivity contribution in [3.63, 3.8) is 0 Å². The largest absolute Gasteiger partial charge is 0.227 e. The number of fused-ring (bicyclic) bond motifs is 1. The number of halogens is 2. The number of aromatic nitrogens is 3. The molecule has 4 aromatic rings. The Balaban J connectivity index is 2.07. The number of rotatable bonds is 2. The van der Waals surface area contributed by atoms with E-state index in [4.69, 9.17) is 23.2 Å². The van der Waals surface area contributed by atoms with E-state index in [2.05, 4.69) is 45.3 Å². The molecular formula is C19H11Cl2N3. The highest BCUT2D eigenvalue weighted by Crippen LogP contribution is 2.35. The molecule has 1 heterocycles. The Kier molecular flexibility index (Phi) is 3.89. The second-order valence-electron chi connectivity index (χ2n) is 5.27. The van der Waals surface area contributed by atoms with Gasteiger partial charge in [-0.25, -0.2) is 0 Å². The Morgan fingerprint density at radius 2 is 1.21 bits per heavy atom. The molecule has 0 unspecified atom stereocenters. The monoisotopic (exact) mass is 351 g/mol. The quantitative estimate of drug-likeness (QED) is 0.467. The van der Waals surface area contributed by atoms with Crippen molar-refractivity contribution in [2.45, 2.75) is 0 Å². The topological polar surface area (TPSA) is 38.7 Å². The van der Waals surface area contributed by atoms with Gasteiger partial charge in [-0.1, -0.05) is 66.7 Å². The van der Waals surface area contributed by atoms with Crippen molar-refractivity contribution in [1.29, 1.82) is 0 Å². The second kappa shape index (κ2) is 6.19. The van der Waals surface area contributed by atoms with E-state index in [9.17, 15) is 0 Å². The first-order valence-electron chi connectivity index (χ1n) is 7.37. The van der Waals surface area contributed by atoms with Crippen molar-refractivity contribution in [2.24, 2.45) is 0 Å². The molecule has 3 nitrogen and oxygen atoms in total. The minimum Gasteiger partial charge on any atom is -0.198 e. The lowest BCUT2D eigenvalue weighted by atomic mass is 9.94. The summed E-state index contributed by atoms with van der Waals surface area (Å²) in [7, 11) is 0. The molecule has 0 N–H and O–H groups in total. The van der Waals surface area contributed by atoms with E-state index in [1.807, 2.05) is 36.4 Å². The molecule has 0 saturated carbocycles. The van der Waals surface area contributed by atoms with Gasteiger partial charge in [0.15, 0.2) is 5.82 Å². The van der Waals surface area contributed by atoms with Gasteiger partial charge in [-0.15, -0.1) is 0 Å². The van der Waals surface area contributed by atoms with Crippen LogP contribution in [0.25, 0.3) is 33.3 Å². The summed E-state index contributed by atoms with van der Waals surface area (Å²) < 4.78 is 0. The summed E-state index contributed by atoms with van der Waals surface area (Å²) in [5.74, 6) is 0.467. The number of hydrogen-bond donors (Lipinski definition) is 0. The van der Waals surface area contributed by atoms with E-state index in [1.165, 1.54) is 0 Å². The molecule has 0 bridgehead atoms. The van der Waals surface area contributed by atoms with E-state index in [-0.39, 0.29) is 10.6 Å². The van der Waals surface area contributed by atoms with Gasteiger partial charge in [-0.05, 0) is 39.7 Å². The maximum absolute atomic E-state index is 5.96. The standard InChI is InChI=1S/C19H11Cl2N3/c20-18-22-17(23-19(21)24-18)15-11-5-9-13-8-4-10-14(16(13)15)12-6-2-1-3-7-12/h1-11H. The van der Waals surface area contributed by atoms with Gasteiger partial charge in [0.1, 0.15) is 0 Å². The third-order valence-electron chi connectivity index (χ3n) is 3.81. The molecule has 0 fully saturated rings. The summed E-state index contributed by atoms with van der Waals surface area (Å²) in [4.78, 5) is 12.3. The lowest BCUT2D eigenvalue weighted by molar-refractivity contribution is 1.06. The molecule has 4 rings (SSSR count). The van der Waals surface area contributed by atoms with E-state index in [1.54, 1.807) is 0 Å². The number of nitrogens with zero attached hydrogens (tertiary/aromatic N) is 3. The van der Waals surface area contributed by atoms with Crippen LogP contribution in [-0.2, 0) is 0 Å². The normalized spacial score (nSPS) is 10.9. The van der Waals surface area contributed by atoms with Crippen LogP contribution in [0.15, 0.2) is 66.7 Å². The van der Waals surface area contributed by atoms with Crippen molar-refractivity contribution in [2.75, 3.05) is 0 Å². The van der Waals surface area contributed by atoms with Gasteiger partial charge in [0.05, 0.1) is 0 Å². The van der Waals surface area contributed by atoms with Gasteiger partial charge in [-0.2, -0.15) is 15.0 Å². The highest BCUT2D eigenvalue weighted by atomic mass is 35.5. The van der Waals surface area contributed by atoms with E-state index < -0.39 is 0 Å². The molecule has 0 spiro atoms. The summed E-state index contributed by atoms with van der Waals surface area (Å²) >= 11 is 11.9. The molecule has 0 aliphatic heterocycles. The SMILES string of the molecule is Clc1nc(Cl)nc(-c2cccc3cccc(-c4ccccc4)c23)n1. The van der Waals surface area contributed by atoms with Crippen LogP contribution in [0, 0.1) is 0 Å². The fraction of sp³-hybridized carbons (Fsp3) is 0. The van der Waals surface area contributed by atoms with E-state index >= 15 is 0 Å². The Bertz CT molecular complexity index is 1010. The van der Waals surface area contributed by atoms with Crippen LogP contribution in [0.1, 0.15) is 0 Å². The second-order valence-corrected chi connectivity index (χ2v) is 5.95. The van der Waals surface area contributed by atoms with Crippen molar-refractivity contribution < 1.29 is 0 Å². The van der Waals surface area contributed by atoms with Crippen molar-refractivity contribution in [3.8, 4) is 22.5 Å². The average Bonchev–Trinajstić information content (AvgIpc) is 2.60. The van der Waals surface area contributed by atoms with Gasteiger partial charge in [-0.3, -0.25) is 0 Å². The number of benzene rings is 3. The zero-order valence-electron chi connectivity index (χ0n) is 12.4. The van der Waals surface area contributed by atoms with E-state index in [0.29, 0.717) is 5.82 Å². The molecule has 1 aromatic heterocycles. The minimum atomic E-state index is 0.0826. The Labute approximate surface area is 148 Å². The Hall–Kier alpha value is -2.49. The van der Waals surface area contributed by atoms with Crippen molar-refractivity contribution in [1.82, 2.24) is 15.0 Å². The Morgan fingerprint density at radius 1 is 0.583 bits per heavy atom. The van der Waals surface area contributed by atoms with Gasteiger partial charge >= 0.3 is 0 Å². The zero-order chi connectivity index (χ0) is 16.5. The summed E-state index contributed by atoms with van der Waals surface area (Å²) in [5, 5.41) is 2.32. The predicted octanol–water partition coefficient (Wildman–Crippen LogP) is 5.67. The van der Waals surface area contributed by atoms with Gasteiger partial charge < -0.3 is 0 Å². The maximum atomic E-state index is 5.96. The molecule has 0 aliphatic carbocycles. The third kappa shape index (κ3) is 2.73. The van der Waals surface area contributed by atoms with Crippen LogP contribution in [0.4, 0.5) is 0 Å². The first kappa shape index (κ1) is 15.1. The van der Waals surface area contributed by atoms with Crippen LogP contribution < -0.4 is 0 Å². The van der Waals surface area contributed by atoms with Crippen LogP contribution >= 0.6 is 23.2 Å². The summed E-state index contributed by atoms with van der Waals surface area (Å²) in [6.45, 7) is 0. The Morgan fingerprint density at radius 3 is 1.88 bits per heavy atom. The molecule has 0 amide bonds. The molecule has 0 saturated heterocycles. The highest BCUT2D eigenvalue weighted by Gasteiger charge is 2.13. The third-order valence-corrected chi connectivity index (χ3v) is 4.15. The lowest BCUT2D eigenvalue weighted by Gasteiger charge is -2.11. The lowest BCUT2D eigenvalue weighted by Crippen LogP contribution is -1.95. The van der Waals surface area contributed by atoms with Crippen molar-refractivity contribution in [3.05, 3.63) is 77.3 Å². The van der Waals surface area contributed by atoms with Crippen molar-refractivity contribution >= 4 is 34.0 Å². The average molecular weight is 352 g/mol. The predicted molar refractivity (Wildman–Crippen MR) is 98.2 cm³/mol. The molecule has 5 heteroatoms. The molecule has 24 heavy (non-hydrogen) atoms. The molecule has 0 aliphatic rings. The van der Waals surface area contributed by atoms with E-state index in [0.717, 1.165) is 27.5 Å². The van der Waals surface area contributed by atoms with Gasteiger partial charge in [0.2, 0.25) is 10.6 Å². The highest BCUT2D eigenvalue weighted by molar-refractivity contribution is 6.31. The van der Waals surface area contributed by atoms with Crippen LogP contribution in [0.2, 0.25) is 10.6 Å². The minimum absolute atomic E-state index is 0.0826. The van der Waals surface area contributed by atoms with Crippen LogP contribution in [0.3, 0.4) is 0 Å².